The quantitative estimate of drug-likeness (QED) is 0.273. The van der Waals surface area contributed by atoms with Gasteiger partial charge in [0, 0.05) is 0 Å². The molecule has 5 aromatic rings. The summed E-state index contributed by atoms with van der Waals surface area (Å²) in [5, 5.41) is 5.41. The van der Waals surface area contributed by atoms with Gasteiger partial charge in [-0.15, -0.1) is 0 Å². The van der Waals surface area contributed by atoms with Crippen LogP contribution in [0.2, 0.25) is 0 Å². The van der Waals surface area contributed by atoms with Gasteiger partial charge in [-0.2, -0.15) is 0 Å². The first kappa shape index (κ1) is 32.2. The molecule has 3 heteroatoms. The molecule has 0 spiro atoms. The van der Waals surface area contributed by atoms with Crippen molar-refractivity contribution in [2.24, 2.45) is 0 Å². The molecule has 0 radical (unpaired) electrons. The number of fused-ring (bicyclic) bond motifs is 2. The van der Waals surface area contributed by atoms with Crippen molar-refractivity contribution in [1.29, 1.82) is 0 Å². The minimum Gasteiger partial charge on any atom is -1.00 e. The minimum atomic E-state index is 0. The van der Waals surface area contributed by atoms with E-state index in [1.165, 1.54) is 99.0 Å². The van der Waals surface area contributed by atoms with E-state index < -0.39 is 0 Å². The predicted molar refractivity (Wildman–Crippen MR) is 173 cm³/mol. The second-order valence-electron chi connectivity index (χ2n) is 12.2. The molecule has 5 aromatic carbocycles. The Bertz CT molecular complexity index is 2090. The van der Waals surface area contributed by atoms with E-state index in [4.69, 9.17) is 0 Å². The summed E-state index contributed by atoms with van der Waals surface area (Å²) in [6.45, 7) is 6.97. The van der Waals surface area contributed by atoms with E-state index in [0.717, 1.165) is 6.42 Å². The maximum Gasteiger partial charge on any atom is -1.00 e. The fourth-order valence-corrected chi connectivity index (χ4v) is 7.91. The number of benzene rings is 5. The van der Waals surface area contributed by atoms with Crippen LogP contribution in [0.15, 0.2) is 133 Å². The van der Waals surface area contributed by atoms with Crippen molar-refractivity contribution >= 4 is 20.0 Å². The molecule has 0 N–H and O–H groups in total. The van der Waals surface area contributed by atoms with Gasteiger partial charge < -0.3 is 24.8 Å². The Balaban J connectivity index is 0.00000192. The largest absolute Gasteiger partial charge is 1.00 e. The molecular formula is C41H33Cl2Zr. The number of halogens is 2. The van der Waals surface area contributed by atoms with E-state index in [1.54, 1.807) is 0 Å². The monoisotopic (exact) mass is 685 g/mol. The average Bonchev–Trinajstić information content (AvgIpc) is 3.61. The molecule has 7 rings (SSSR count). The van der Waals surface area contributed by atoms with Crippen LogP contribution >= 0.6 is 0 Å². The van der Waals surface area contributed by atoms with Gasteiger partial charge in [0.05, 0.1) is 0 Å². The van der Waals surface area contributed by atoms with Gasteiger partial charge in [0.2, 0.25) is 0 Å². The number of hydrogen-bond acceptors (Lipinski definition) is 0. The predicted octanol–water partition coefficient (Wildman–Crippen LogP) is 2.41. The van der Waals surface area contributed by atoms with Crippen LogP contribution in [0.4, 0.5) is 0 Å². The van der Waals surface area contributed by atoms with Crippen molar-refractivity contribution < 1.29 is 49.5 Å². The molecule has 0 bridgehead atoms. The normalized spacial score (nSPS) is 13.2. The molecule has 0 heterocycles. The molecule has 0 aliphatic heterocycles. The van der Waals surface area contributed by atoms with E-state index in [9.17, 15) is 0 Å². The number of rotatable bonds is 4. The van der Waals surface area contributed by atoms with E-state index in [0.29, 0.717) is 0 Å². The van der Waals surface area contributed by atoms with Gasteiger partial charge in [-0.1, -0.05) is 0 Å². The van der Waals surface area contributed by atoms with Crippen molar-refractivity contribution in [3.8, 4) is 0 Å². The second kappa shape index (κ2) is 13.0. The van der Waals surface area contributed by atoms with Gasteiger partial charge in [0.25, 0.3) is 0 Å². The summed E-state index contributed by atoms with van der Waals surface area (Å²) < 4.78 is 1.45. The SMILES string of the molecule is CC(C)(C)c1ccccc1C1=C(c2c3c(ccc2=C(c2ccccc2)c2ccccc2)=c2ccccc2=[C]3[Zr+2])CC=C1.[Cl-].[Cl-]. The first-order valence-electron chi connectivity index (χ1n) is 14.8. The molecule has 0 atom stereocenters. The van der Waals surface area contributed by atoms with Crippen molar-refractivity contribution in [3.63, 3.8) is 0 Å². The van der Waals surface area contributed by atoms with Gasteiger partial charge in [-0.25, -0.2) is 0 Å². The minimum absolute atomic E-state index is 0. The molecule has 0 fully saturated rings. The smallest absolute Gasteiger partial charge is 1.00 e. The molecule has 0 aromatic heterocycles. The molecule has 0 unspecified atom stereocenters. The van der Waals surface area contributed by atoms with E-state index in [2.05, 4.69) is 154 Å². The Labute approximate surface area is 287 Å². The van der Waals surface area contributed by atoms with Crippen LogP contribution in [0.5, 0.6) is 0 Å². The molecule has 0 nitrogen and oxygen atoms in total. The number of hydrogen-bond donors (Lipinski definition) is 0. The zero-order chi connectivity index (χ0) is 28.8. The Morgan fingerprint density at radius 3 is 1.80 bits per heavy atom. The van der Waals surface area contributed by atoms with Crippen LogP contribution in [0, 0.1) is 10.4 Å². The summed E-state index contributed by atoms with van der Waals surface area (Å²) in [7, 11) is 0. The average molecular weight is 688 g/mol. The fraction of sp³-hybridized carbons (Fsp3) is 0.122. The maximum atomic E-state index is 2.40. The van der Waals surface area contributed by atoms with E-state index in [1.807, 2.05) is 0 Å². The zero-order valence-electron chi connectivity index (χ0n) is 25.2. The topological polar surface area (TPSA) is 0 Å². The van der Waals surface area contributed by atoms with Crippen LogP contribution in [0.25, 0.3) is 20.0 Å². The second-order valence-corrected chi connectivity index (χ2v) is 13.5. The molecule has 0 saturated heterocycles. The van der Waals surface area contributed by atoms with Crippen LogP contribution in [0.3, 0.4) is 0 Å². The fourth-order valence-electron chi connectivity index (χ4n) is 6.73. The molecule has 44 heavy (non-hydrogen) atoms. The summed E-state index contributed by atoms with van der Waals surface area (Å²) in [6, 6.07) is 44.6. The van der Waals surface area contributed by atoms with Crippen molar-refractivity contribution in [3.05, 3.63) is 188 Å². The van der Waals surface area contributed by atoms with Crippen molar-refractivity contribution in [1.82, 2.24) is 0 Å². The Kier molecular flexibility index (Phi) is 9.53. The summed E-state index contributed by atoms with van der Waals surface area (Å²) >= 11 is 1.45. The van der Waals surface area contributed by atoms with Crippen LogP contribution < -0.4 is 35.3 Å². The van der Waals surface area contributed by atoms with Crippen LogP contribution in [0.1, 0.15) is 60.6 Å². The number of allylic oxidation sites excluding steroid dienone is 4. The summed E-state index contributed by atoms with van der Waals surface area (Å²) in [4.78, 5) is 0. The van der Waals surface area contributed by atoms with E-state index >= 15 is 0 Å². The molecule has 2 aliphatic rings. The molecule has 0 saturated carbocycles. The van der Waals surface area contributed by atoms with Crippen molar-refractivity contribution in [2.75, 3.05) is 0 Å². The molecule has 2 aliphatic carbocycles. The molecule has 0 amide bonds. The van der Waals surface area contributed by atoms with Gasteiger partial charge in [-0.05, 0) is 0 Å². The van der Waals surface area contributed by atoms with Crippen molar-refractivity contribution in [2.45, 2.75) is 32.6 Å². The van der Waals surface area contributed by atoms with Gasteiger partial charge in [-0.3, -0.25) is 0 Å². The molecule has 215 valence electrons. The van der Waals surface area contributed by atoms with Gasteiger partial charge >= 0.3 is 265 Å². The van der Waals surface area contributed by atoms with E-state index in [-0.39, 0.29) is 30.2 Å². The summed E-state index contributed by atoms with van der Waals surface area (Å²) in [5.41, 5.74) is 12.1. The standard InChI is InChI=1S/C41H33.2ClH.Zr/c1-41(2,3)38-24-13-12-21-34(38)32-22-14-23-35(32)40-36(26-25-33-31-20-11-10-19-30(31)27-37(33)40)39(28-15-6-4-7-16-28)29-17-8-5-9-18-29;;;/h4-22,24-26H,23H2,1-3H3;2*1H;/q;;;+2/p-2. The third kappa shape index (κ3) is 5.56. The Morgan fingerprint density at radius 1 is 0.591 bits per heavy atom. The summed E-state index contributed by atoms with van der Waals surface area (Å²) in [5.74, 6) is 0. The Hall–Kier alpha value is -3.22. The van der Waals surface area contributed by atoms with Gasteiger partial charge in [0.15, 0.2) is 0 Å². The Morgan fingerprint density at radius 2 is 1.16 bits per heavy atom. The third-order valence-corrected chi connectivity index (χ3v) is 9.87. The van der Waals surface area contributed by atoms with Crippen LogP contribution in [-0.4, -0.2) is 0 Å². The first-order chi connectivity index (χ1) is 20.4. The third-order valence-electron chi connectivity index (χ3n) is 8.59. The van der Waals surface area contributed by atoms with Gasteiger partial charge in [0.1, 0.15) is 0 Å². The maximum absolute atomic E-state index is 2.40. The molecular weight excluding hydrogens is 655 g/mol. The first-order valence-corrected chi connectivity index (χ1v) is 16.0. The zero-order valence-corrected chi connectivity index (χ0v) is 29.1. The van der Waals surface area contributed by atoms with Crippen LogP contribution in [-0.2, 0) is 30.1 Å². The summed E-state index contributed by atoms with van der Waals surface area (Å²) in [6.07, 6.45) is 5.66.